The highest BCUT2D eigenvalue weighted by atomic mass is 19.1. The van der Waals surface area contributed by atoms with E-state index in [4.69, 9.17) is 9.84 Å². The molecule has 1 fully saturated rings. The first-order chi connectivity index (χ1) is 8.66. The van der Waals surface area contributed by atoms with Crippen LogP contribution < -0.4 is 4.74 Å². The molecule has 0 radical (unpaired) electrons. The molecule has 2 heterocycles. The summed E-state index contributed by atoms with van der Waals surface area (Å²) in [5, 5.41) is 9.05. The molecule has 0 aromatic heterocycles. The van der Waals surface area contributed by atoms with E-state index in [9.17, 15) is 9.18 Å². The monoisotopic (exact) mass is 251 g/mol. The Kier molecular flexibility index (Phi) is 2.61. The molecule has 2 aliphatic heterocycles. The largest absolute Gasteiger partial charge is 0.490 e. The van der Waals surface area contributed by atoms with E-state index in [1.807, 2.05) is 6.07 Å². The Morgan fingerprint density at radius 2 is 2.28 bits per heavy atom. The van der Waals surface area contributed by atoms with Crippen molar-refractivity contribution in [3.63, 3.8) is 0 Å². The Bertz CT molecular complexity index is 491. The van der Waals surface area contributed by atoms with E-state index in [-0.39, 0.29) is 17.7 Å². The number of benzene rings is 1. The number of likely N-dealkylation sites (tertiary alicyclic amines) is 1. The molecule has 1 amide bonds. The number of rotatable bonds is 0. The molecule has 0 spiro atoms. The van der Waals surface area contributed by atoms with Crippen LogP contribution in [0.4, 0.5) is 9.18 Å². The fraction of sp³-hybridized carbons (Fsp3) is 0.462. The minimum Gasteiger partial charge on any atom is -0.490 e. The molecule has 3 rings (SSSR count). The van der Waals surface area contributed by atoms with Crippen LogP contribution in [0.2, 0.25) is 0 Å². The van der Waals surface area contributed by atoms with E-state index in [0.29, 0.717) is 25.4 Å². The van der Waals surface area contributed by atoms with Crippen LogP contribution in [0, 0.1) is 11.7 Å². The van der Waals surface area contributed by atoms with Crippen molar-refractivity contribution >= 4 is 6.09 Å². The molecule has 96 valence electrons. The second kappa shape index (κ2) is 4.15. The quantitative estimate of drug-likeness (QED) is 0.769. The molecule has 1 saturated heterocycles. The number of nitrogens with zero attached hydrogens (tertiary/aromatic N) is 1. The van der Waals surface area contributed by atoms with Crippen LogP contribution in [0.3, 0.4) is 0 Å². The van der Waals surface area contributed by atoms with E-state index >= 15 is 0 Å². The van der Waals surface area contributed by atoms with Crippen molar-refractivity contribution in [2.24, 2.45) is 5.92 Å². The summed E-state index contributed by atoms with van der Waals surface area (Å²) in [6.45, 7) is 1.39. The number of halogens is 1. The second-order valence-electron chi connectivity index (χ2n) is 4.85. The first-order valence-electron chi connectivity index (χ1n) is 6.06. The number of fused-ring (bicyclic) bond motifs is 3. The van der Waals surface area contributed by atoms with Crippen LogP contribution in [-0.2, 0) is 0 Å². The number of ether oxygens (including phenoxy) is 1. The fourth-order valence-electron chi connectivity index (χ4n) is 2.95. The maximum atomic E-state index is 13.7. The Labute approximate surface area is 104 Å². The first kappa shape index (κ1) is 11.3. The number of carbonyl (C=O) groups is 1. The summed E-state index contributed by atoms with van der Waals surface area (Å²) in [6, 6.07) is 4.87. The Balaban J connectivity index is 1.99. The normalized spacial score (nSPS) is 25.9. The average Bonchev–Trinajstić information content (AvgIpc) is 2.68. The van der Waals surface area contributed by atoms with Gasteiger partial charge in [0.25, 0.3) is 0 Å². The third-order valence-electron chi connectivity index (χ3n) is 3.84. The van der Waals surface area contributed by atoms with Gasteiger partial charge in [-0.05, 0) is 18.4 Å². The predicted molar refractivity (Wildman–Crippen MR) is 62.3 cm³/mol. The van der Waals surface area contributed by atoms with Gasteiger partial charge < -0.3 is 14.7 Å². The van der Waals surface area contributed by atoms with Gasteiger partial charge in [-0.3, -0.25) is 0 Å². The first-order valence-corrected chi connectivity index (χ1v) is 6.06. The van der Waals surface area contributed by atoms with Crippen molar-refractivity contribution < 1.29 is 19.0 Å². The summed E-state index contributed by atoms with van der Waals surface area (Å²) in [5.74, 6) is 0.220. The molecule has 1 aromatic carbocycles. The standard InChI is InChI=1S/C13H14FNO3/c14-11-3-1-2-9-10-7-15(13(16)17)6-8(10)4-5-18-12(9)11/h1-3,8,10H,4-7H2,(H,16,17)/t8?,10-/m0/s1. The van der Waals surface area contributed by atoms with E-state index in [1.165, 1.54) is 11.0 Å². The average molecular weight is 251 g/mol. The predicted octanol–water partition coefficient (Wildman–Crippen LogP) is 2.30. The summed E-state index contributed by atoms with van der Waals surface area (Å²) >= 11 is 0. The molecule has 1 aromatic rings. The van der Waals surface area contributed by atoms with Crippen molar-refractivity contribution in [3.8, 4) is 5.75 Å². The Hall–Kier alpha value is -1.78. The molecule has 0 aliphatic carbocycles. The van der Waals surface area contributed by atoms with E-state index in [0.717, 1.165) is 12.0 Å². The number of hydrogen-bond acceptors (Lipinski definition) is 2. The lowest BCUT2D eigenvalue weighted by Crippen LogP contribution is -2.27. The van der Waals surface area contributed by atoms with Crippen molar-refractivity contribution in [2.45, 2.75) is 12.3 Å². The van der Waals surface area contributed by atoms with Crippen molar-refractivity contribution in [2.75, 3.05) is 19.7 Å². The van der Waals surface area contributed by atoms with Gasteiger partial charge in [0, 0.05) is 24.6 Å². The molecule has 1 N–H and O–H groups in total. The van der Waals surface area contributed by atoms with Gasteiger partial charge in [0.05, 0.1) is 6.61 Å². The van der Waals surface area contributed by atoms with E-state index in [1.54, 1.807) is 6.07 Å². The van der Waals surface area contributed by atoms with E-state index < -0.39 is 6.09 Å². The number of carboxylic acid groups (broad SMARTS) is 1. The molecule has 4 nitrogen and oxygen atoms in total. The zero-order valence-electron chi connectivity index (χ0n) is 9.80. The third kappa shape index (κ3) is 1.70. The molecular weight excluding hydrogens is 237 g/mol. The van der Waals surface area contributed by atoms with Crippen LogP contribution in [-0.4, -0.2) is 35.8 Å². The lowest BCUT2D eigenvalue weighted by atomic mass is 9.87. The maximum absolute atomic E-state index is 13.7. The fourth-order valence-corrected chi connectivity index (χ4v) is 2.95. The molecule has 2 atom stereocenters. The summed E-state index contributed by atoms with van der Waals surface area (Å²) in [4.78, 5) is 12.4. The third-order valence-corrected chi connectivity index (χ3v) is 3.84. The van der Waals surface area contributed by atoms with Crippen LogP contribution in [0.25, 0.3) is 0 Å². The van der Waals surface area contributed by atoms with Crippen LogP contribution in [0.15, 0.2) is 18.2 Å². The van der Waals surface area contributed by atoms with Crippen LogP contribution in [0.1, 0.15) is 17.9 Å². The summed E-state index contributed by atoms with van der Waals surface area (Å²) < 4.78 is 19.2. The number of amides is 1. The van der Waals surface area contributed by atoms with Crippen LogP contribution in [0.5, 0.6) is 5.75 Å². The second-order valence-corrected chi connectivity index (χ2v) is 4.85. The molecule has 2 aliphatic rings. The van der Waals surface area contributed by atoms with Gasteiger partial charge in [-0.15, -0.1) is 0 Å². The van der Waals surface area contributed by atoms with Gasteiger partial charge in [-0.1, -0.05) is 12.1 Å². The van der Waals surface area contributed by atoms with Gasteiger partial charge in [0.15, 0.2) is 11.6 Å². The summed E-state index contributed by atoms with van der Waals surface area (Å²) in [6.07, 6.45) is -0.135. The molecular formula is C13H14FNO3. The van der Waals surface area contributed by atoms with Gasteiger partial charge in [-0.25, -0.2) is 9.18 Å². The molecule has 0 saturated carbocycles. The van der Waals surface area contributed by atoms with E-state index in [2.05, 4.69) is 0 Å². The molecule has 5 heteroatoms. The SMILES string of the molecule is O=C(O)N1CC2CCOc3c(F)cccc3[C@H]2C1. The van der Waals surface area contributed by atoms with Crippen molar-refractivity contribution in [1.82, 2.24) is 4.90 Å². The highest BCUT2D eigenvalue weighted by molar-refractivity contribution is 5.65. The Morgan fingerprint density at radius 3 is 3.06 bits per heavy atom. The minimum atomic E-state index is -0.901. The minimum absolute atomic E-state index is 0.0503. The molecule has 1 unspecified atom stereocenters. The summed E-state index contributed by atoms with van der Waals surface area (Å²) in [5.41, 5.74) is 0.807. The Morgan fingerprint density at radius 1 is 1.44 bits per heavy atom. The number of hydrogen-bond donors (Lipinski definition) is 1. The zero-order chi connectivity index (χ0) is 12.7. The number of para-hydroxylation sites is 1. The zero-order valence-corrected chi connectivity index (χ0v) is 9.80. The highest BCUT2D eigenvalue weighted by Crippen LogP contribution is 2.42. The highest BCUT2D eigenvalue weighted by Gasteiger charge is 2.39. The smallest absolute Gasteiger partial charge is 0.407 e. The molecule has 0 bridgehead atoms. The van der Waals surface area contributed by atoms with Gasteiger partial charge in [0.2, 0.25) is 0 Å². The van der Waals surface area contributed by atoms with Gasteiger partial charge in [-0.2, -0.15) is 0 Å². The van der Waals surface area contributed by atoms with Gasteiger partial charge >= 0.3 is 6.09 Å². The maximum Gasteiger partial charge on any atom is 0.407 e. The summed E-state index contributed by atoms with van der Waals surface area (Å²) in [7, 11) is 0. The van der Waals surface area contributed by atoms with Crippen LogP contribution >= 0.6 is 0 Å². The lowest BCUT2D eigenvalue weighted by Gasteiger charge is -2.15. The lowest BCUT2D eigenvalue weighted by molar-refractivity contribution is 0.152. The molecule has 18 heavy (non-hydrogen) atoms. The van der Waals surface area contributed by atoms with Gasteiger partial charge in [0.1, 0.15) is 0 Å². The van der Waals surface area contributed by atoms with Crippen molar-refractivity contribution in [3.05, 3.63) is 29.6 Å². The van der Waals surface area contributed by atoms with Crippen molar-refractivity contribution in [1.29, 1.82) is 0 Å². The topological polar surface area (TPSA) is 49.8 Å².